The Morgan fingerprint density at radius 2 is 1.11 bits per heavy atom. The molecule has 0 unspecified atom stereocenters. The van der Waals surface area contributed by atoms with Crippen molar-refractivity contribution < 1.29 is 28.1 Å². The molecule has 4 aromatic carbocycles. The molecular weight excluding hydrogens is 853 g/mol. The lowest BCUT2D eigenvalue weighted by atomic mass is 9.96. The highest BCUT2D eigenvalue weighted by atomic mass is 32.2. The number of hydrogen-bond acceptors (Lipinski definition) is 13. The molecule has 4 aromatic heterocycles. The van der Waals surface area contributed by atoms with Crippen LogP contribution in [0.25, 0.3) is 43.4 Å². The van der Waals surface area contributed by atoms with Gasteiger partial charge in [0.05, 0.1) is 77.0 Å². The molecule has 8 aromatic rings. The molecule has 2 fully saturated rings. The molecule has 2 N–H and O–H groups in total. The fraction of sp³-hybridized carbons (Fsp3) is 0.292. The summed E-state index contributed by atoms with van der Waals surface area (Å²) in [7, 11) is -3.37. The van der Waals surface area contributed by atoms with Crippen molar-refractivity contribution in [2.45, 2.75) is 60.0 Å². The number of aliphatic hydroxyl groups excluding tert-OH is 2. The fourth-order valence-corrected chi connectivity index (χ4v) is 9.67. The zero-order valence-electron chi connectivity index (χ0n) is 35.2. The molecule has 2 aliphatic rings. The molecule has 6 heterocycles. The molecule has 0 bridgehead atoms. The van der Waals surface area contributed by atoms with Gasteiger partial charge in [0, 0.05) is 42.6 Å². The average molecular weight is 899 g/mol. The lowest BCUT2D eigenvalue weighted by molar-refractivity contribution is -0.0395. The maximum atomic E-state index is 13.5. The van der Waals surface area contributed by atoms with Gasteiger partial charge in [-0.05, 0) is 89.2 Å². The molecule has 328 valence electrons. The summed E-state index contributed by atoms with van der Waals surface area (Å²) in [5.41, 5.74) is 4.87. The van der Waals surface area contributed by atoms with Gasteiger partial charge in [0.1, 0.15) is 0 Å². The van der Waals surface area contributed by atoms with E-state index in [1.54, 1.807) is 34.9 Å². The first kappa shape index (κ1) is 43.4. The molecule has 10 rings (SSSR count). The SMILES string of the molecule is CS(=O)(=O)c1ccc(Cc2cc3c(=O)n([C@H]4CCOC[C@@H]4O)cnc3c3ccccc23)cn1.CSc1ccc(Cc2cc3c(=O)n([C@H]4CCOC[C@@H]4O)cnc3c3ccccc23)cn1. The number of nitrogens with zero attached hydrogens (tertiary/aromatic N) is 6. The Morgan fingerprint density at radius 3 is 1.52 bits per heavy atom. The Hall–Kier alpha value is -5.88. The Bertz CT molecular complexity index is 3250. The van der Waals surface area contributed by atoms with Gasteiger partial charge in [-0.2, -0.15) is 0 Å². The fourth-order valence-electron chi connectivity index (χ4n) is 8.75. The van der Waals surface area contributed by atoms with Gasteiger partial charge < -0.3 is 19.7 Å². The quantitative estimate of drug-likeness (QED) is 0.137. The zero-order chi connectivity index (χ0) is 44.5. The minimum Gasteiger partial charge on any atom is -0.389 e. The second kappa shape index (κ2) is 18.3. The predicted molar refractivity (Wildman–Crippen MR) is 247 cm³/mol. The number of thioether (sulfide) groups is 1. The van der Waals surface area contributed by atoms with Crippen LogP contribution < -0.4 is 11.1 Å². The van der Waals surface area contributed by atoms with Crippen molar-refractivity contribution in [1.82, 2.24) is 29.1 Å². The van der Waals surface area contributed by atoms with Crippen LogP contribution in [0.4, 0.5) is 0 Å². The summed E-state index contributed by atoms with van der Waals surface area (Å²) in [4.78, 5) is 44.7. The number of fused-ring (bicyclic) bond motifs is 6. The zero-order valence-corrected chi connectivity index (χ0v) is 36.8. The van der Waals surface area contributed by atoms with Gasteiger partial charge in [-0.1, -0.05) is 60.7 Å². The van der Waals surface area contributed by atoms with E-state index in [-0.39, 0.29) is 41.4 Å². The average Bonchev–Trinajstić information content (AvgIpc) is 3.31. The number of aromatic nitrogens is 6. The second-order valence-electron chi connectivity index (χ2n) is 16.2. The van der Waals surface area contributed by atoms with Gasteiger partial charge in [0.15, 0.2) is 14.9 Å². The summed E-state index contributed by atoms with van der Waals surface area (Å²) >= 11 is 1.61. The van der Waals surface area contributed by atoms with E-state index in [9.17, 15) is 28.2 Å². The first-order valence-electron chi connectivity index (χ1n) is 21.0. The van der Waals surface area contributed by atoms with Crippen molar-refractivity contribution in [2.24, 2.45) is 0 Å². The van der Waals surface area contributed by atoms with Crippen LogP contribution in [-0.2, 0) is 32.2 Å². The molecule has 4 atom stereocenters. The summed E-state index contributed by atoms with van der Waals surface area (Å²) in [6, 6.07) is 26.2. The summed E-state index contributed by atoms with van der Waals surface area (Å²) in [6.07, 6.45) is 10.4. The monoisotopic (exact) mass is 898 g/mol. The maximum absolute atomic E-state index is 13.5. The summed E-state index contributed by atoms with van der Waals surface area (Å²) < 4.78 is 37.1. The molecule has 14 nitrogen and oxygen atoms in total. The van der Waals surface area contributed by atoms with E-state index in [2.05, 4.69) is 32.1 Å². The van der Waals surface area contributed by atoms with E-state index in [4.69, 9.17) is 9.47 Å². The van der Waals surface area contributed by atoms with Gasteiger partial charge >= 0.3 is 0 Å². The Kier molecular flexibility index (Phi) is 12.4. The van der Waals surface area contributed by atoms with Gasteiger partial charge in [0.25, 0.3) is 11.1 Å². The third kappa shape index (κ3) is 8.68. The normalized spacial score (nSPS) is 19.2. The maximum Gasteiger partial charge on any atom is 0.261 e. The van der Waals surface area contributed by atoms with E-state index in [0.717, 1.165) is 55.1 Å². The number of rotatable bonds is 8. The summed E-state index contributed by atoms with van der Waals surface area (Å²) in [5, 5.41) is 26.6. The van der Waals surface area contributed by atoms with Crippen LogP contribution in [0.5, 0.6) is 0 Å². The third-order valence-electron chi connectivity index (χ3n) is 12.0. The minimum absolute atomic E-state index is 0.0247. The van der Waals surface area contributed by atoms with Crippen LogP contribution in [0.2, 0.25) is 0 Å². The topological polar surface area (TPSA) is 189 Å². The molecule has 2 aliphatic heterocycles. The van der Waals surface area contributed by atoms with E-state index in [1.165, 1.54) is 17.0 Å². The van der Waals surface area contributed by atoms with Crippen LogP contribution in [0.15, 0.2) is 130 Å². The number of ether oxygens (including phenoxy) is 2. The van der Waals surface area contributed by atoms with Gasteiger partial charge in [-0.3, -0.25) is 18.7 Å². The van der Waals surface area contributed by atoms with Crippen molar-refractivity contribution in [2.75, 3.05) is 38.9 Å². The van der Waals surface area contributed by atoms with E-state index in [0.29, 0.717) is 60.7 Å². The molecule has 2 saturated heterocycles. The molecule has 0 saturated carbocycles. The number of benzene rings is 4. The summed E-state index contributed by atoms with van der Waals surface area (Å²) in [6.45, 7) is 1.42. The van der Waals surface area contributed by atoms with Gasteiger partial charge in [-0.15, -0.1) is 11.8 Å². The van der Waals surface area contributed by atoms with E-state index < -0.39 is 22.0 Å². The lowest BCUT2D eigenvalue weighted by Gasteiger charge is -2.29. The second-order valence-corrected chi connectivity index (χ2v) is 19.0. The highest BCUT2D eigenvalue weighted by Crippen LogP contribution is 2.31. The van der Waals surface area contributed by atoms with Crippen molar-refractivity contribution in [3.05, 3.63) is 153 Å². The van der Waals surface area contributed by atoms with Crippen molar-refractivity contribution in [3.8, 4) is 0 Å². The van der Waals surface area contributed by atoms with Crippen molar-refractivity contribution >= 4 is 64.9 Å². The molecule has 0 radical (unpaired) electrons. The van der Waals surface area contributed by atoms with Crippen molar-refractivity contribution in [1.29, 1.82) is 0 Å². The Morgan fingerprint density at radius 1 is 0.641 bits per heavy atom. The van der Waals surface area contributed by atoms with Crippen molar-refractivity contribution in [3.63, 3.8) is 0 Å². The largest absolute Gasteiger partial charge is 0.389 e. The predicted octanol–water partition coefficient (Wildman–Crippen LogP) is 5.84. The first-order chi connectivity index (χ1) is 31.0. The number of pyridine rings is 2. The Labute approximate surface area is 372 Å². The highest BCUT2D eigenvalue weighted by Gasteiger charge is 2.28. The van der Waals surface area contributed by atoms with Gasteiger partial charge in [0.2, 0.25) is 0 Å². The number of aliphatic hydroxyl groups is 2. The summed E-state index contributed by atoms with van der Waals surface area (Å²) in [5.74, 6) is 0. The number of hydrogen-bond donors (Lipinski definition) is 2. The first-order valence-corrected chi connectivity index (χ1v) is 24.1. The van der Waals surface area contributed by atoms with Crippen LogP contribution >= 0.6 is 11.8 Å². The molecule has 16 heteroatoms. The van der Waals surface area contributed by atoms with E-state index in [1.807, 2.05) is 73.1 Å². The third-order valence-corrected chi connectivity index (χ3v) is 13.7. The number of sulfone groups is 1. The molecule has 0 amide bonds. The Balaban J connectivity index is 0.000000162. The van der Waals surface area contributed by atoms with E-state index >= 15 is 0 Å². The smallest absolute Gasteiger partial charge is 0.261 e. The highest BCUT2D eigenvalue weighted by molar-refractivity contribution is 7.98. The molecule has 0 spiro atoms. The molecule has 64 heavy (non-hydrogen) atoms. The van der Waals surface area contributed by atoms with Crippen LogP contribution in [0.1, 0.15) is 47.2 Å². The van der Waals surface area contributed by atoms with Crippen LogP contribution in [0.3, 0.4) is 0 Å². The standard InChI is InChI=1S/C24H23N3O5S.C24H23N3O3S/c1-33(30,31)22-7-6-15(12-25-22)10-16-11-19-23(18-5-3-2-4-17(16)18)26-14-27(24(19)29)20-8-9-32-13-21(20)28;1-31-22-7-6-15(12-25-22)10-16-11-19-23(18-5-3-2-4-17(16)18)26-14-27(24(19)29)20-8-9-30-13-21(20)28/h2-7,11-12,14,20-21,28H,8-10,13H2,1H3;2-7,11-12,14,20-21,28H,8-10,13H2,1H3/t2*20-,21-/m00/s1. The molecular formula is C48H46N6O8S2. The van der Waals surface area contributed by atoms with Crippen LogP contribution in [0, 0.1) is 0 Å². The molecule has 0 aliphatic carbocycles. The van der Waals surface area contributed by atoms with Gasteiger partial charge in [-0.25, -0.2) is 28.4 Å². The van der Waals surface area contributed by atoms with Crippen LogP contribution in [-0.4, -0.2) is 98.8 Å². The minimum atomic E-state index is -3.37. The lowest BCUT2D eigenvalue weighted by Crippen LogP contribution is -2.39.